The summed E-state index contributed by atoms with van der Waals surface area (Å²) >= 11 is 6.05. The topological polar surface area (TPSA) is 97.7 Å². The molecule has 0 aliphatic heterocycles. The van der Waals surface area contributed by atoms with Crippen LogP contribution in [0.25, 0.3) is 11.3 Å². The van der Waals surface area contributed by atoms with E-state index < -0.39 is 10.8 Å². The van der Waals surface area contributed by atoms with Gasteiger partial charge < -0.3 is 4.42 Å². The Morgan fingerprint density at radius 1 is 1.22 bits per heavy atom. The Bertz CT molecular complexity index is 1040. The first-order chi connectivity index (χ1) is 13.0. The molecule has 3 aromatic rings. The molecule has 0 aliphatic rings. The lowest BCUT2D eigenvalue weighted by molar-refractivity contribution is -0.384. The molecule has 0 spiro atoms. The van der Waals surface area contributed by atoms with Crippen molar-refractivity contribution in [2.45, 2.75) is 6.92 Å². The molecule has 0 fully saturated rings. The van der Waals surface area contributed by atoms with Gasteiger partial charge in [-0.25, -0.2) is 5.43 Å². The number of halogens is 1. The number of nitro groups is 1. The SMILES string of the molecule is Cc1ccc(C(=O)N/N=C/c2ccc(-c3ccccc3[N+](=O)[O-])o2)c(Cl)c1. The minimum atomic E-state index is -0.475. The Balaban J connectivity index is 1.73. The molecule has 27 heavy (non-hydrogen) atoms. The van der Waals surface area contributed by atoms with E-state index >= 15 is 0 Å². The Labute approximate surface area is 159 Å². The van der Waals surface area contributed by atoms with Crippen molar-refractivity contribution in [2.24, 2.45) is 5.10 Å². The number of hydrazone groups is 1. The van der Waals surface area contributed by atoms with Crippen molar-refractivity contribution in [2.75, 3.05) is 0 Å². The lowest BCUT2D eigenvalue weighted by Gasteiger charge is -2.03. The van der Waals surface area contributed by atoms with Crippen molar-refractivity contribution in [3.63, 3.8) is 0 Å². The molecule has 1 aromatic heterocycles. The zero-order valence-electron chi connectivity index (χ0n) is 14.2. The molecule has 1 N–H and O–H groups in total. The number of amides is 1. The largest absolute Gasteiger partial charge is 0.455 e. The van der Waals surface area contributed by atoms with Gasteiger partial charge in [0.15, 0.2) is 0 Å². The van der Waals surface area contributed by atoms with Crippen LogP contribution < -0.4 is 5.43 Å². The normalized spacial score (nSPS) is 10.9. The molecule has 136 valence electrons. The van der Waals surface area contributed by atoms with Crippen molar-refractivity contribution in [3.05, 3.63) is 86.6 Å². The van der Waals surface area contributed by atoms with Crippen LogP contribution in [-0.2, 0) is 0 Å². The number of nitro benzene ring substituents is 1. The molecular weight excluding hydrogens is 370 g/mol. The highest BCUT2D eigenvalue weighted by molar-refractivity contribution is 6.33. The highest BCUT2D eigenvalue weighted by Crippen LogP contribution is 2.30. The van der Waals surface area contributed by atoms with E-state index in [0.717, 1.165) is 5.56 Å². The van der Waals surface area contributed by atoms with E-state index in [1.807, 2.05) is 6.92 Å². The van der Waals surface area contributed by atoms with Crippen molar-refractivity contribution in [1.82, 2.24) is 5.43 Å². The van der Waals surface area contributed by atoms with Crippen molar-refractivity contribution in [1.29, 1.82) is 0 Å². The first-order valence-corrected chi connectivity index (χ1v) is 8.26. The molecule has 1 heterocycles. The molecule has 0 bridgehead atoms. The monoisotopic (exact) mass is 383 g/mol. The maximum Gasteiger partial charge on any atom is 0.280 e. The minimum Gasteiger partial charge on any atom is -0.455 e. The van der Waals surface area contributed by atoms with Crippen LogP contribution >= 0.6 is 11.6 Å². The van der Waals surface area contributed by atoms with E-state index in [0.29, 0.717) is 27.7 Å². The zero-order chi connectivity index (χ0) is 19.4. The summed E-state index contributed by atoms with van der Waals surface area (Å²) in [7, 11) is 0. The fourth-order valence-electron chi connectivity index (χ4n) is 2.43. The number of hydrogen-bond donors (Lipinski definition) is 1. The number of hydrogen-bond acceptors (Lipinski definition) is 5. The van der Waals surface area contributed by atoms with Gasteiger partial charge in [0.1, 0.15) is 11.5 Å². The van der Waals surface area contributed by atoms with E-state index in [1.54, 1.807) is 48.5 Å². The van der Waals surface area contributed by atoms with Gasteiger partial charge in [0, 0.05) is 6.07 Å². The third kappa shape index (κ3) is 4.21. The van der Waals surface area contributed by atoms with Crippen LogP contribution in [0.15, 0.2) is 64.1 Å². The van der Waals surface area contributed by atoms with Gasteiger partial charge in [-0.05, 0) is 42.8 Å². The van der Waals surface area contributed by atoms with Gasteiger partial charge in [0.25, 0.3) is 11.6 Å². The van der Waals surface area contributed by atoms with Crippen LogP contribution in [0.5, 0.6) is 0 Å². The summed E-state index contributed by atoms with van der Waals surface area (Å²) in [6.45, 7) is 1.87. The molecule has 1 amide bonds. The fraction of sp³-hybridized carbons (Fsp3) is 0.0526. The molecule has 3 rings (SSSR count). The number of furan rings is 1. The van der Waals surface area contributed by atoms with Crippen LogP contribution in [0.4, 0.5) is 5.69 Å². The van der Waals surface area contributed by atoms with Crippen LogP contribution in [0.1, 0.15) is 21.7 Å². The number of rotatable bonds is 5. The van der Waals surface area contributed by atoms with Crippen LogP contribution in [0, 0.1) is 17.0 Å². The Morgan fingerprint density at radius 2 is 2.00 bits per heavy atom. The summed E-state index contributed by atoms with van der Waals surface area (Å²) in [5, 5.41) is 15.3. The number of carbonyl (C=O) groups excluding carboxylic acids is 1. The summed E-state index contributed by atoms with van der Waals surface area (Å²) in [6, 6.07) is 14.5. The maximum atomic E-state index is 12.1. The minimum absolute atomic E-state index is 0.0577. The molecule has 0 saturated heterocycles. The second kappa shape index (κ2) is 7.84. The van der Waals surface area contributed by atoms with Crippen LogP contribution in [-0.4, -0.2) is 17.0 Å². The lowest BCUT2D eigenvalue weighted by Crippen LogP contribution is -2.18. The van der Waals surface area contributed by atoms with Crippen LogP contribution in [0.3, 0.4) is 0 Å². The molecule has 0 unspecified atom stereocenters. The fourth-order valence-corrected chi connectivity index (χ4v) is 2.75. The van der Waals surface area contributed by atoms with Gasteiger partial charge >= 0.3 is 0 Å². The van der Waals surface area contributed by atoms with E-state index in [2.05, 4.69) is 10.5 Å². The number of benzene rings is 2. The Hall–Kier alpha value is -3.45. The summed E-state index contributed by atoms with van der Waals surface area (Å²) < 4.78 is 5.56. The lowest BCUT2D eigenvalue weighted by atomic mass is 10.1. The maximum absolute atomic E-state index is 12.1. The Morgan fingerprint density at radius 3 is 2.74 bits per heavy atom. The quantitative estimate of drug-likeness (QED) is 0.396. The number of carbonyl (C=O) groups is 1. The second-order valence-corrected chi connectivity index (χ2v) is 6.07. The molecule has 0 saturated carbocycles. The Kier molecular flexibility index (Phi) is 5.33. The van der Waals surface area contributed by atoms with E-state index in [9.17, 15) is 14.9 Å². The average molecular weight is 384 g/mol. The van der Waals surface area contributed by atoms with E-state index in [-0.39, 0.29) is 5.69 Å². The molecular formula is C19H14ClN3O4. The van der Waals surface area contributed by atoms with Crippen LogP contribution in [0.2, 0.25) is 5.02 Å². The first-order valence-electron chi connectivity index (χ1n) is 7.89. The van der Waals surface area contributed by atoms with Crippen molar-refractivity contribution < 1.29 is 14.1 Å². The number of aryl methyl sites for hydroxylation is 1. The average Bonchev–Trinajstić information content (AvgIpc) is 3.10. The predicted octanol–water partition coefficient (Wildman–Crippen LogP) is 4.58. The molecule has 8 heteroatoms. The van der Waals surface area contributed by atoms with Gasteiger partial charge in [-0.15, -0.1) is 0 Å². The van der Waals surface area contributed by atoms with Gasteiger partial charge in [0.05, 0.1) is 27.3 Å². The predicted molar refractivity (Wildman–Crippen MR) is 102 cm³/mol. The first kappa shape index (κ1) is 18.3. The highest BCUT2D eigenvalue weighted by Gasteiger charge is 2.16. The number of nitrogens with one attached hydrogen (secondary N) is 1. The summed E-state index contributed by atoms with van der Waals surface area (Å²) in [5.74, 6) is 0.205. The van der Waals surface area contributed by atoms with Gasteiger partial charge in [-0.3, -0.25) is 14.9 Å². The molecule has 7 nitrogen and oxygen atoms in total. The molecule has 0 aliphatic carbocycles. The number of para-hydroxylation sites is 1. The van der Waals surface area contributed by atoms with Crippen molar-refractivity contribution in [3.8, 4) is 11.3 Å². The zero-order valence-corrected chi connectivity index (χ0v) is 14.9. The second-order valence-electron chi connectivity index (χ2n) is 5.66. The smallest absolute Gasteiger partial charge is 0.280 e. The third-order valence-corrected chi connectivity index (χ3v) is 4.03. The summed E-state index contributed by atoms with van der Waals surface area (Å²) in [6.07, 6.45) is 1.30. The molecule has 0 atom stereocenters. The summed E-state index contributed by atoms with van der Waals surface area (Å²) in [5.41, 5.74) is 3.91. The van der Waals surface area contributed by atoms with Gasteiger partial charge in [-0.1, -0.05) is 29.8 Å². The van der Waals surface area contributed by atoms with Gasteiger partial charge in [-0.2, -0.15) is 5.10 Å². The highest BCUT2D eigenvalue weighted by atomic mass is 35.5. The third-order valence-electron chi connectivity index (χ3n) is 3.72. The van der Waals surface area contributed by atoms with Crippen molar-refractivity contribution >= 4 is 29.4 Å². The molecule has 0 radical (unpaired) electrons. The standard InChI is InChI=1S/C19H14ClN3O4/c1-12-6-8-14(16(20)10-12)19(24)22-21-11-13-7-9-18(27-13)15-4-2-3-5-17(15)23(25)26/h2-11H,1H3,(H,22,24)/b21-11+. The number of nitrogens with zero attached hydrogens (tertiary/aromatic N) is 2. The molecule has 2 aromatic carbocycles. The summed E-state index contributed by atoms with van der Waals surface area (Å²) in [4.78, 5) is 22.7. The van der Waals surface area contributed by atoms with Gasteiger partial charge in [0.2, 0.25) is 0 Å². The van der Waals surface area contributed by atoms with E-state index in [1.165, 1.54) is 12.3 Å². The van der Waals surface area contributed by atoms with E-state index in [4.69, 9.17) is 16.0 Å².